The van der Waals surface area contributed by atoms with Crippen LogP contribution in [0.15, 0.2) is 42.5 Å². The fourth-order valence-corrected chi connectivity index (χ4v) is 1.61. The number of phenols is 2. The Hall–Kier alpha value is -2.56. The summed E-state index contributed by atoms with van der Waals surface area (Å²) in [6, 6.07) is 9.38. The van der Waals surface area contributed by atoms with E-state index in [0.717, 1.165) is 11.6 Å². The summed E-state index contributed by atoms with van der Waals surface area (Å²) in [6.07, 6.45) is 0. The van der Waals surface area contributed by atoms with Gasteiger partial charge in [0.15, 0.2) is 0 Å². The normalized spacial score (nSPS) is 10.2. The van der Waals surface area contributed by atoms with Crippen molar-refractivity contribution in [3.05, 3.63) is 59.4 Å². The molecule has 0 saturated heterocycles. The maximum absolute atomic E-state index is 12.7. The van der Waals surface area contributed by atoms with Crippen molar-refractivity contribution >= 4 is 5.91 Å². The minimum Gasteiger partial charge on any atom is -0.508 e. The second kappa shape index (κ2) is 5.39. The molecule has 98 valence electrons. The summed E-state index contributed by atoms with van der Waals surface area (Å²) in [7, 11) is 0. The van der Waals surface area contributed by atoms with Gasteiger partial charge in [0.05, 0.1) is 0 Å². The van der Waals surface area contributed by atoms with E-state index in [1.54, 1.807) is 12.1 Å². The third-order valence-electron chi connectivity index (χ3n) is 2.53. The van der Waals surface area contributed by atoms with E-state index in [0.29, 0.717) is 0 Å². The molecule has 0 aliphatic heterocycles. The molecular formula is C14H12FNO3. The van der Waals surface area contributed by atoms with E-state index in [9.17, 15) is 19.4 Å². The molecule has 0 heterocycles. The summed E-state index contributed by atoms with van der Waals surface area (Å²) in [5.41, 5.74) is 0.902. The Kier molecular flexibility index (Phi) is 3.66. The van der Waals surface area contributed by atoms with Crippen LogP contribution >= 0.6 is 0 Å². The third kappa shape index (κ3) is 3.45. The largest absolute Gasteiger partial charge is 0.508 e. The van der Waals surface area contributed by atoms with Gasteiger partial charge in [-0.2, -0.15) is 0 Å². The molecule has 2 aromatic rings. The van der Waals surface area contributed by atoms with Crippen molar-refractivity contribution in [3.63, 3.8) is 0 Å². The Morgan fingerprint density at radius 2 is 1.63 bits per heavy atom. The molecule has 0 aliphatic rings. The summed E-state index contributed by atoms with van der Waals surface area (Å²) >= 11 is 0. The lowest BCUT2D eigenvalue weighted by Gasteiger charge is -2.06. The molecule has 19 heavy (non-hydrogen) atoms. The van der Waals surface area contributed by atoms with Gasteiger partial charge in [0.2, 0.25) is 0 Å². The number of amides is 1. The maximum Gasteiger partial charge on any atom is 0.251 e. The lowest BCUT2D eigenvalue weighted by atomic mass is 10.1. The topological polar surface area (TPSA) is 69.6 Å². The predicted octanol–water partition coefficient (Wildman–Crippen LogP) is 2.17. The molecule has 2 aromatic carbocycles. The summed E-state index contributed by atoms with van der Waals surface area (Å²) in [5.74, 6) is -1.15. The number of carbonyl (C=O) groups is 1. The van der Waals surface area contributed by atoms with Crippen molar-refractivity contribution in [2.24, 2.45) is 0 Å². The second-order valence-electron chi connectivity index (χ2n) is 4.05. The molecule has 0 fully saturated rings. The van der Waals surface area contributed by atoms with Gasteiger partial charge in [0.25, 0.3) is 5.91 Å². The Labute approximate surface area is 109 Å². The first-order valence-corrected chi connectivity index (χ1v) is 5.60. The summed E-state index contributed by atoms with van der Waals surface area (Å²) in [4.78, 5) is 11.8. The van der Waals surface area contributed by atoms with Crippen LogP contribution in [0.1, 0.15) is 15.9 Å². The van der Waals surface area contributed by atoms with E-state index in [1.807, 2.05) is 0 Å². The van der Waals surface area contributed by atoms with Crippen LogP contribution in [0.4, 0.5) is 4.39 Å². The number of carbonyl (C=O) groups excluding carboxylic acids is 1. The SMILES string of the molecule is O=C(NCc1ccc(F)cc1)c1cc(O)cc(O)c1. The smallest absolute Gasteiger partial charge is 0.251 e. The van der Waals surface area contributed by atoms with Crippen LogP contribution in [0.5, 0.6) is 11.5 Å². The zero-order valence-electron chi connectivity index (χ0n) is 9.93. The first-order chi connectivity index (χ1) is 9.04. The lowest BCUT2D eigenvalue weighted by molar-refractivity contribution is 0.0950. The number of hydrogen-bond acceptors (Lipinski definition) is 3. The molecule has 3 N–H and O–H groups in total. The van der Waals surface area contributed by atoms with Gasteiger partial charge in [-0.1, -0.05) is 12.1 Å². The van der Waals surface area contributed by atoms with Gasteiger partial charge in [0.1, 0.15) is 17.3 Å². The maximum atomic E-state index is 12.7. The van der Waals surface area contributed by atoms with E-state index >= 15 is 0 Å². The molecule has 0 aliphatic carbocycles. The molecule has 0 bridgehead atoms. The highest BCUT2D eigenvalue weighted by Gasteiger charge is 2.08. The van der Waals surface area contributed by atoms with Crippen LogP contribution < -0.4 is 5.32 Å². The quantitative estimate of drug-likeness (QED) is 0.793. The standard InChI is InChI=1S/C14H12FNO3/c15-11-3-1-9(2-4-11)8-16-14(19)10-5-12(17)7-13(18)6-10/h1-7,17-18H,8H2,(H,16,19). The molecule has 0 radical (unpaired) electrons. The van der Waals surface area contributed by atoms with Crippen LogP contribution in [0.2, 0.25) is 0 Å². The highest BCUT2D eigenvalue weighted by Crippen LogP contribution is 2.20. The van der Waals surface area contributed by atoms with E-state index in [-0.39, 0.29) is 29.4 Å². The fourth-order valence-electron chi connectivity index (χ4n) is 1.61. The monoisotopic (exact) mass is 261 g/mol. The third-order valence-corrected chi connectivity index (χ3v) is 2.53. The number of rotatable bonds is 3. The second-order valence-corrected chi connectivity index (χ2v) is 4.05. The number of halogens is 1. The number of aromatic hydroxyl groups is 2. The molecule has 4 nitrogen and oxygen atoms in total. The molecule has 2 rings (SSSR count). The van der Waals surface area contributed by atoms with Gasteiger partial charge in [-0.3, -0.25) is 4.79 Å². The molecule has 5 heteroatoms. The van der Waals surface area contributed by atoms with E-state index < -0.39 is 5.91 Å². The Morgan fingerprint density at radius 3 is 2.21 bits per heavy atom. The van der Waals surface area contributed by atoms with Crippen LogP contribution in [0.25, 0.3) is 0 Å². The molecule has 1 amide bonds. The molecule has 0 atom stereocenters. The average Bonchev–Trinajstić information content (AvgIpc) is 2.36. The van der Waals surface area contributed by atoms with Crippen LogP contribution in [0.3, 0.4) is 0 Å². The van der Waals surface area contributed by atoms with E-state index in [1.165, 1.54) is 24.3 Å². The van der Waals surface area contributed by atoms with Crippen molar-refractivity contribution in [1.82, 2.24) is 5.32 Å². The first kappa shape index (κ1) is 12.9. The summed E-state index contributed by atoms with van der Waals surface area (Å²) < 4.78 is 12.7. The number of benzene rings is 2. The zero-order valence-corrected chi connectivity index (χ0v) is 9.93. The van der Waals surface area contributed by atoms with E-state index in [4.69, 9.17) is 0 Å². The van der Waals surface area contributed by atoms with Crippen molar-refractivity contribution in [2.75, 3.05) is 0 Å². The minimum absolute atomic E-state index is 0.152. The Balaban J connectivity index is 2.03. The highest BCUT2D eigenvalue weighted by atomic mass is 19.1. The number of hydrogen-bond donors (Lipinski definition) is 3. The van der Waals surface area contributed by atoms with Crippen LogP contribution in [0, 0.1) is 5.82 Å². The van der Waals surface area contributed by atoms with Gasteiger partial charge in [-0.05, 0) is 29.8 Å². The van der Waals surface area contributed by atoms with Crippen LogP contribution in [-0.4, -0.2) is 16.1 Å². The van der Waals surface area contributed by atoms with Gasteiger partial charge < -0.3 is 15.5 Å². The summed E-state index contributed by atoms with van der Waals surface area (Å²) in [6.45, 7) is 0.232. The van der Waals surface area contributed by atoms with Crippen molar-refractivity contribution in [3.8, 4) is 11.5 Å². The molecule has 0 spiro atoms. The van der Waals surface area contributed by atoms with E-state index in [2.05, 4.69) is 5.32 Å². The van der Waals surface area contributed by atoms with Crippen molar-refractivity contribution in [1.29, 1.82) is 0 Å². The molecule has 0 unspecified atom stereocenters. The number of phenolic OH excluding ortho intramolecular Hbond substituents is 2. The van der Waals surface area contributed by atoms with Crippen LogP contribution in [-0.2, 0) is 6.54 Å². The molecule has 0 aromatic heterocycles. The Bertz CT molecular complexity index is 576. The van der Waals surface area contributed by atoms with Gasteiger partial charge in [0, 0.05) is 18.2 Å². The predicted molar refractivity (Wildman–Crippen MR) is 67.3 cm³/mol. The zero-order chi connectivity index (χ0) is 13.8. The van der Waals surface area contributed by atoms with Crippen molar-refractivity contribution < 1.29 is 19.4 Å². The lowest BCUT2D eigenvalue weighted by Crippen LogP contribution is -2.22. The summed E-state index contributed by atoms with van der Waals surface area (Å²) in [5, 5.41) is 21.2. The van der Waals surface area contributed by atoms with Gasteiger partial charge in [-0.25, -0.2) is 4.39 Å². The van der Waals surface area contributed by atoms with Gasteiger partial charge >= 0.3 is 0 Å². The molecule has 0 saturated carbocycles. The fraction of sp³-hybridized carbons (Fsp3) is 0.0714. The number of nitrogens with one attached hydrogen (secondary N) is 1. The van der Waals surface area contributed by atoms with Gasteiger partial charge in [-0.15, -0.1) is 0 Å². The first-order valence-electron chi connectivity index (χ1n) is 5.60. The average molecular weight is 261 g/mol. The minimum atomic E-state index is -0.435. The molecular weight excluding hydrogens is 249 g/mol. The highest BCUT2D eigenvalue weighted by molar-refractivity contribution is 5.94. The Morgan fingerprint density at radius 1 is 1.05 bits per heavy atom. The van der Waals surface area contributed by atoms with Crippen molar-refractivity contribution in [2.45, 2.75) is 6.54 Å².